The average molecular weight is 368 g/mol. The van der Waals surface area contributed by atoms with Gasteiger partial charge >= 0.3 is 0 Å². The summed E-state index contributed by atoms with van der Waals surface area (Å²) in [5, 5.41) is 1.08. The second kappa shape index (κ2) is 7.77. The highest BCUT2D eigenvalue weighted by molar-refractivity contribution is 6.35. The molecule has 6 heteroatoms. The van der Waals surface area contributed by atoms with Crippen LogP contribution in [0.15, 0.2) is 36.4 Å². The molecule has 0 heterocycles. The third-order valence-corrected chi connectivity index (χ3v) is 4.47. The third kappa shape index (κ3) is 3.94. The van der Waals surface area contributed by atoms with Crippen LogP contribution in [0.4, 0.5) is 0 Å². The molecule has 4 nitrogen and oxygen atoms in total. The highest BCUT2D eigenvalue weighted by atomic mass is 35.5. The van der Waals surface area contributed by atoms with E-state index < -0.39 is 0 Å². The van der Waals surface area contributed by atoms with Crippen molar-refractivity contribution in [2.75, 3.05) is 21.3 Å². The molecule has 2 aromatic rings. The van der Waals surface area contributed by atoms with Gasteiger partial charge in [-0.15, -0.1) is 0 Å². The van der Waals surface area contributed by atoms with Crippen LogP contribution in [-0.2, 0) is 0 Å². The van der Waals surface area contributed by atoms with Gasteiger partial charge in [0, 0.05) is 28.7 Å². The Morgan fingerprint density at radius 2 is 1.62 bits per heavy atom. The minimum Gasteiger partial charge on any atom is -0.497 e. The zero-order valence-electron chi connectivity index (χ0n) is 14.0. The molecule has 0 N–H and O–H groups in total. The largest absolute Gasteiger partial charge is 0.497 e. The molecule has 0 bridgehead atoms. The lowest BCUT2D eigenvalue weighted by Gasteiger charge is -2.26. The van der Waals surface area contributed by atoms with E-state index in [1.165, 1.54) is 0 Å². The molecule has 1 amide bonds. The number of methoxy groups -OCH3 is 2. The SMILES string of the molecule is COc1cc(OC)cc(C(=O)N(C)C(C)c2ccc(Cl)cc2Cl)c1. The van der Waals surface area contributed by atoms with Crippen LogP contribution < -0.4 is 9.47 Å². The molecule has 1 atom stereocenters. The zero-order chi connectivity index (χ0) is 17.9. The monoisotopic (exact) mass is 367 g/mol. The molecule has 2 rings (SSSR count). The van der Waals surface area contributed by atoms with Gasteiger partial charge in [-0.25, -0.2) is 0 Å². The van der Waals surface area contributed by atoms with Crippen molar-refractivity contribution in [3.05, 3.63) is 57.6 Å². The fourth-order valence-corrected chi connectivity index (χ4v) is 2.93. The second-order valence-electron chi connectivity index (χ2n) is 5.36. The molecule has 0 aliphatic rings. The Kier molecular flexibility index (Phi) is 5.97. The Morgan fingerprint density at radius 3 is 2.12 bits per heavy atom. The van der Waals surface area contributed by atoms with Crippen molar-refractivity contribution in [1.29, 1.82) is 0 Å². The molecule has 24 heavy (non-hydrogen) atoms. The van der Waals surface area contributed by atoms with Gasteiger partial charge in [-0.1, -0.05) is 29.3 Å². The van der Waals surface area contributed by atoms with Crippen molar-refractivity contribution in [1.82, 2.24) is 4.90 Å². The molecule has 0 saturated carbocycles. The molecular formula is C18H19Cl2NO3. The second-order valence-corrected chi connectivity index (χ2v) is 6.20. The van der Waals surface area contributed by atoms with Gasteiger partial charge < -0.3 is 14.4 Å². The molecule has 0 aliphatic heterocycles. The molecule has 0 radical (unpaired) electrons. The minimum atomic E-state index is -0.223. The smallest absolute Gasteiger partial charge is 0.254 e. The van der Waals surface area contributed by atoms with Crippen LogP contribution >= 0.6 is 23.2 Å². The molecule has 128 valence electrons. The van der Waals surface area contributed by atoms with E-state index in [2.05, 4.69) is 0 Å². The van der Waals surface area contributed by atoms with Gasteiger partial charge in [-0.3, -0.25) is 4.79 Å². The molecule has 0 saturated heterocycles. The van der Waals surface area contributed by atoms with Crippen molar-refractivity contribution < 1.29 is 14.3 Å². The fourth-order valence-electron chi connectivity index (χ4n) is 2.36. The minimum absolute atomic E-state index is 0.161. The van der Waals surface area contributed by atoms with Crippen LogP contribution in [-0.4, -0.2) is 32.1 Å². The number of nitrogens with zero attached hydrogens (tertiary/aromatic N) is 1. The van der Waals surface area contributed by atoms with E-state index in [0.717, 1.165) is 5.56 Å². The Bertz CT molecular complexity index is 727. The lowest BCUT2D eigenvalue weighted by Crippen LogP contribution is -2.29. The summed E-state index contributed by atoms with van der Waals surface area (Å²) in [6, 6.07) is 10.1. The van der Waals surface area contributed by atoms with Gasteiger partial charge in [0.05, 0.1) is 20.3 Å². The number of amides is 1. The van der Waals surface area contributed by atoms with Crippen LogP contribution in [0.2, 0.25) is 10.0 Å². The summed E-state index contributed by atoms with van der Waals surface area (Å²) in [5.74, 6) is 0.956. The van der Waals surface area contributed by atoms with E-state index in [1.807, 2.05) is 13.0 Å². The first-order valence-electron chi connectivity index (χ1n) is 7.32. The number of halogens is 2. The highest BCUT2D eigenvalue weighted by Crippen LogP contribution is 2.31. The van der Waals surface area contributed by atoms with Gasteiger partial charge in [0.15, 0.2) is 0 Å². The number of ether oxygens (including phenoxy) is 2. The van der Waals surface area contributed by atoms with Crippen molar-refractivity contribution >= 4 is 29.1 Å². The molecule has 1 unspecified atom stereocenters. The van der Waals surface area contributed by atoms with E-state index in [9.17, 15) is 4.79 Å². The summed E-state index contributed by atoms with van der Waals surface area (Å²) >= 11 is 12.2. The zero-order valence-corrected chi connectivity index (χ0v) is 15.5. The van der Waals surface area contributed by atoms with Crippen LogP contribution in [0.25, 0.3) is 0 Å². The third-order valence-electron chi connectivity index (χ3n) is 3.91. The predicted octanol–water partition coefficient (Wildman–Crippen LogP) is 4.84. The van der Waals surface area contributed by atoms with E-state index >= 15 is 0 Å². The standard InChI is InChI=1S/C18H19Cl2NO3/c1-11(16-6-5-13(19)9-17(16)20)21(2)18(22)12-7-14(23-3)10-15(8-12)24-4/h5-11H,1-4H3. The predicted molar refractivity (Wildman–Crippen MR) is 96.5 cm³/mol. The van der Waals surface area contributed by atoms with Crippen molar-refractivity contribution in [3.8, 4) is 11.5 Å². The molecule has 0 aliphatic carbocycles. The van der Waals surface area contributed by atoms with Gasteiger partial charge in [0.25, 0.3) is 5.91 Å². The maximum absolute atomic E-state index is 12.8. The maximum Gasteiger partial charge on any atom is 0.254 e. The average Bonchev–Trinajstić information content (AvgIpc) is 2.59. The van der Waals surface area contributed by atoms with Crippen LogP contribution in [0.1, 0.15) is 28.9 Å². The Balaban J connectivity index is 2.31. The number of carbonyl (C=O) groups excluding carboxylic acids is 1. The highest BCUT2D eigenvalue weighted by Gasteiger charge is 2.22. The number of benzene rings is 2. The Morgan fingerprint density at radius 1 is 1.04 bits per heavy atom. The Labute approximate surface area is 151 Å². The van der Waals surface area contributed by atoms with Crippen LogP contribution in [0.3, 0.4) is 0 Å². The Hall–Kier alpha value is -1.91. The summed E-state index contributed by atoms with van der Waals surface area (Å²) in [5.41, 5.74) is 1.30. The summed E-state index contributed by atoms with van der Waals surface area (Å²) < 4.78 is 10.4. The molecule has 0 fully saturated rings. The van der Waals surface area contributed by atoms with E-state index in [0.29, 0.717) is 27.1 Å². The molecule has 2 aromatic carbocycles. The van der Waals surface area contributed by atoms with E-state index in [-0.39, 0.29) is 11.9 Å². The van der Waals surface area contributed by atoms with Crippen LogP contribution in [0.5, 0.6) is 11.5 Å². The van der Waals surface area contributed by atoms with Crippen molar-refractivity contribution in [2.24, 2.45) is 0 Å². The quantitative estimate of drug-likeness (QED) is 0.758. The lowest BCUT2D eigenvalue weighted by atomic mass is 10.1. The first kappa shape index (κ1) is 18.4. The maximum atomic E-state index is 12.8. The first-order valence-corrected chi connectivity index (χ1v) is 8.08. The molecule has 0 spiro atoms. The summed E-state index contributed by atoms with van der Waals surface area (Å²) in [6.07, 6.45) is 0. The van der Waals surface area contributed by atoms with E-state index in [4.69, 9.17) is 32.7 Å². The molecular weight excluding hydrogens is 349 g/mol. The van der Waals surface area contributed by atoms with Gasteiger partial charge in [-0.05, 0) is 36.8 Å². The number of hydrogen-bond donors (Lipinski definition) is 0. The summed E-state index contributed by atoms with van der Waals surface area (Å²) in [6.45, 7) is 1.91. The van der Waals surface area contributed by atoms with Gasteiger partial charge in [0.2, 0.25) is 0 Å². The first-order chi connectivity index (χ1) is 11.4. The topological polar surface area (TPSA) is 38.8 Å². The van der Waals surface area contributed by atoms with Gasteiger partial charge in [-0.2, -0.15) is 0 Å². The number of rotatable bonds is 5. The lowest BCUT2D eigenvalue weighted by molar-refractivity contribution is 0.0742. The normalized spacial score (nSPS) is 11.8. The number of hydrogen-bond acceptors (Lipinski definition) is 3. The van der Waals surface area contributed by atoms with Gasteiger partial charge in [0.1, 0.15) is 11.5 Å². The summed E-state index contributed by atoms with van der Waals surface area (Å²) in [7, 11) is 4.82. The van der Waals surface area contributed by atoms with Crippen molar-refractivity contribution in [3.63, 3.8) is 0 Å². The van der Waals surface area contributed by atoms with Crippen molar-refractivity contribution in [2.45, 2.75) is 13.0 Å². The summed E-state index contributed by atoms with van der Waals surface area (Å²) in [4.78, 5) is 14.4. The van der Waals surface area contributed by atoms with E-state index in [1.54, 1.807) is 56.5 Å². The molecule has 0 aromatic heterocycles. The van der Waals surface area contributed by atoms with Crippen LogP contribution in [0, 0.1) is 0 Å². The fraction of sp³-hybridized carbons (Fsp3) is 0.278. The number of carbonyl (C=O) groups is 1.